The van der Waals surface area contributed by atoms with E-state index in [1.807, 2.05) is 26.0 Å². The van der Waals surface area contributed by atoms with Crippen LogP contribution in [-0.2, 0) is 0 Å². The average Bonchev–Trinajstić information content (AvgIpc) is 2.43. The molecular formula is C15H16N2O2. The van der Waals surface area contributed by atoms with E-state index in [1.54, 1.807) is 25.4 Å². The van der Waals surface area contributed by atoms with Crippen molar-refractivity contribution in [2.45, 2.75) is 13.8 Å². The Labute approximate surface area is 112 Å². The summed E-state index contributed by atoms with van der Waals surface area (Å²) < 4.78 is 5.29. The molecule has 1 aromatic heterocycles. The fraction of sp³-hybridized carbons (Fsp3) is 0.200. The second-order valence-corrected chi connectivity index (χ2v) is 4.33. The molecule has 0 aliphatic carbocycles. The number of rotatable bonds is 3. The van der Waals surface area contributed by atoms with Gasteiger partial charge < -0.3 is 10.1 Å². The van der Waals surface area contributed by atoms with Crippen LogP contribution in [0.15, 0.2) is 36.7 Å². The van der Waals surface area contributed by atoms with Crippen LogP contribution in [0.3, 0.4) is 0 Å². The number of benzene rings is 1. The zero-order valence-electron chi connectivity index (χ0n) is 11.2. The summed E-state index contributed by atoms with van der Waals surface area (Å²) in [5.74, 6) is 0.454. The van der Waals surface area contributed by atoms with E-state index in [1.165, 1.54) is 6.20 Å². The number of pyridine rings is 1. The van der Waals surface area contributed by atoms with Crippen LogP contribution in [0.25, 0.3) is 0 Å². The monoisotopic (exact) mass is 256 g/mol. The van der Waals surface area contributed by atoms with Crippen LogP contribution in [0.5, 0.6) is 5.75 Å². The summed E-state index contributed by atoms with van der Waals surface area (Å²) in [7, 11) is 1.59. The number of aromatic nitrogens is 1. The first-order valence-electron chi connectivity index (χ1n) is 5.98. The highest BCUT2D eigenvalue weighted by atomic mass is 16.5. The molecule has 0 fully saturated rings. The van der Waals surface area contributed by atoms with Crippen LogP contribution in [0.2, 0.25) is 0 Å². The molecule has 1 heterocycles. The smallest absolute Gasteiger partial charge is 0.257 e. The first-order chi connectivity index (χ1) is 9.11. The normalized spacial score (nSPS) is 10.1. The van der Waals surface area contributed by atoms with Gasteiger partial charge in [0.15, 0.2) is 0 Å². The maximum absolute atomic E-state index is 12.1. The Morgan fingerprint density at radius 2 is 2.00 bits per heavy atom. The lowest BCUT2D eigenvalue weighted by molar-refractivity contribution is 0.102. The molecule has 19 heavy (non-hydrogen) atoms. The van der Waals surface area contributed by atoms with Gasteiger partial charge >= 0.3 is 0 Å². The molecule has 4 heteroatoms. The number of nitrogens with one attached hydrogen (secondary N) is 1. The third-order valence-corrected chi connectivity index (χ3v) is 2.99. The van der Waals surface area contributed by atoms with Crippen LogP contribution >= 0.6 is 0 Å². The van der Waals surface area contributed by atoms with E-state index in [2.05, 4.69) is 10.3 Å². The first kappa shape index (κ1) is 13.1. The second-order valence-electron chi connectivity index (χ2n) is 4.33. The zero-order valence-corrected chi connectivity index (χ0v) is 11.2. The van der Waals surface area contributed by atoms with Crippen molar-refractivity contribution in [2.24, 2.45) is 0 Å². The van der Waals surface area contributed by atoms with Gasteiger partial charge in [-0.3, -0.25) is 9.78 Å². The molecule has 2 rings (SSSR count). The second kappa shape index (κ2) is 5.52. The number of hydrogen-bond acceptors (Lipinski definition) is 3. The average molecular weight is 256 g/mol. The van der Waals surface area contributed by atoms with Crippen molar-refractivity contribution in [1.82, 2.24) is 4.98 Å². The molecule has 0 saturated carbocycles. The van der Waals surface area contributed by atoms with E-state index in [0.29, 0.717) is 17.0 Å². The predicted molar refractivity (Wildman–Crippen MR) is 74.7 cm³/mol. The Morgan fingerprint density at radius 3 is 2.63 bits per heavy atom. The minimum absolute atomic E-state index is 0.199. The fourth-order valence-electron chi connectivity index (χ4n) is 1.75. The molecule has 0 spiro atoms. The van der Waals surface area contributed by atoms with Crippen LogP contribution in [0.1, 0.15) is 21.5 Å². The standard InChI is InChI=1S/C15H16N2O2/c1-10-7-13(14(19-3)8-11(10)2)17-15(18)12-5-4-6-16-9-12/h4-9H,1-3H3,(H,17,18). The maximum Gasteiger partial charge on any atom is 0.257 e. The van der Waals surface area contributed by atoms with Crippen LogP contribution in [-0.4, -0.2) is 18.0 Å². The molecule has 0 aliphatic rings. The van der Waals surface area contributed by atoms with Gasteiger partial charge in [-0.25, -0.2) is 0 Å². The van der Waals surface area contributed by atoms with E-state index in [0.717, 1.165) is 11.1 Å². The molecule has 0 saturated heterocycles. The molecule has 0 atom stereocenters. The predicted octanol–water partition coefficient (Wildman–Crippen LogP) is 2.96. The number of hydrogen-bond donors (Lipinski definition) is 1. The Morgan fingerprint density at radius 1 is 1.26 bits per heavy atom. The molecule has 0 unspecified atom stereocenters. The van der Waals surface area contributed by atoms with Gasteiger partial charge in [-0.05, 0) is 49.2 Å². The summed E-state index contributed by atoms with van der Waals surface area (Å²) in [6, 6.07) is 7.26. The zero-order chi connectivity index (χ0) is 13.8. The molecule has 4 nitrogen and oxygen atoms in total. The minimum atomic E-state index is -0.199. The van der Waals surface area contributed by atoms with E-state index >= 15 is 0 Å². The highest BCUT2D eigenvalue weighted by molar-refractivity contribution is 6.04. The van der Waals surface area contributed by atoms with Gasteiger partial charge in [0.1, 0.15) is 5.75 Å². The van der Waals surface area contributed by atoms with Crippen molar-refractivity contribution in [3.05, 3.63) is 53.3 Å². The van der Waals surface area contributed by atoms with Crippen molar-refractivity contribution < 1.29 is 9.53 Å². The molecule has 1 aromatic carbocycles. The summed E-state index contributed by atoms with van der Waals surface area (Å²) in [5.41, 5.74) is 3.40. The molecule has 1 amide bonds. The van der Waals surface area contributed by atoms with Crippen LogP contribution < -0.4 is 10.1 Å². The van der Waals surface area contributed by atoms with E-state index < -0.39 is 0 Å². The summed E-state index contributed by atoms with van der Waals surface area (Å²) in [5, 5.41) is 2.84. The Kier molecular flexibility index (Phi) is 3.80. The molecule has 0 bridgehead atoms. The van der Waals surface area contributed by atoms with Gasteiger partial charge in [-0.2, -0.15) is 0 Å². The number of amides is 1. The summed E-state index contributed by atoms with van der Waals surface area (Å²) in [6.45, 7) is 4.00. The third-order valence-electron chi connectivity index (χ3n) is 2.99. The van der Waals surface area contributed by atoms with Gasteiger partial charge in [0, 0.05) is 12.4 Å². The maximum atomic E-state index is 12.1. The first-order valence-corrected chi connectivity index (χ1v) is 5.98. The topological polar surface area (TPSA) is 51.2 Å². The third kappa shape index (κ3) is 2.91. The summed E-state index contributed by atoms with van der Waals surface area (Å²) >= 11 is 0. The molecule has 1 N–H and O–H groups in total. The van der Waals surface area contributed by atoms with Crippen molar-refractivity contribution in [3.63, 3.8) is 0 Å². The largest absolute Gasteiger partial charge is 0.495 e. The number of ether oxygens (including phenoxy) is 1. The van der Waals surface area contributed by atoms with Crippen LogP contribution in [0.4, 0.5) is 5.69 Å². The van der Waals surface area contributed by atoms with Crippen LogP contribution in [0, 0.1) is 13.8 Å². The van der Waals surface area contributed by atoms with Gasteiger partial charge in [0.2, 0.25) is 0 Å². The molecule has 0 radical (unpaired) electrons. The molecule has 0 aliphatic heterocycles. The van der Waals surface area contributed by atoms with Gasteiger partial charge in [0.25, 0.3) is 5.91 Å². The van der Waals surface area contributed by atoms with Crippen molar-refractivity contribution >= 4 is 11.6 Å². The summed E-state index contributed by atoms with van der Waals surface area (Å²) in [6.07, 6.45) is 3.16. The van der Waals surface area contributed by atoms with E-state index in [-0.39, 0.29) is 5.91 Å². The lowest BCUT2D eigenvalue weighted by Crippen LogP contribution is -2.13. The molecule has 2 aromatic rings. The SMILES string of the molecule is COc1cc(C)c(C)cc1NC(=O)c1cccnc1. The van der Waals surface area contributed by atoms with E-state index in [9.17, 15) is 4.79 Å². The number of anilines is 1. The Hall–Kier alpha value is -2.36. The number of nitrogens with zero attached hydrogens (tertiary/aromatic N) is 1. The van der Waals surface area contributed by atoms with Gasteiger partial charge in [-0.15, -0.1) is 0 Å². The Bertz CT molecular complexity index is 595. The van der Waals surface area contributed by atoms with Gasteiger partial charge in [0.05, 0.1) is 18.4 Å². The Balaban J connectivity index is 2.28. The molecular weight excluding hydrogens is 240 g/mol. The van der Waals surface area contributed by atoms with Gasteiger partial charge in [-0.1, -0.05) is 0 Å². The number of aryl methyl sites for hydroxylation is 2. The fourth-order valence-corrected chi connectivity index (χ4v) is 1.75. The molecule has 98 valence electrons. The summed E-state index contributed by atoms with van der Waals surface area (Å²) in [4.78, 5) is 16.0. The minimum Gasteiger partial charge on any atom is -0.495 e. The van der Waals surface area contributed by atoms with Crippen molar-refractivity contribution in [1.29, 1.82) is 0 Å². The van der Waals surface area contributed by atoms with Crippen molar-refractivity contribution in [2.75, 3.05) is 12.4 Å². The van der Waals surface area contributed by atoms with E-state index in [4.69, 9.17) is 4.74 Å². The highest BCUT2D eigenvalue weighted by Crippen LogP contribution is 2.28. The van der Waals surface area contributed by atoms with Crippen molar-refractivity contribution in [3.8, 4) is 5.75 Å². The lowest BCUT2D eigenvalue weighted by Gasteiger charge is -2.12. The highest BCUT2D eigenvalue weighted by Gasteiger charge is 2.11. The quantitative estimate of drug-likeness (QED) is 0.918. The number of carbonyl (C=O) groups is 1. The number of methoxy groups -OCH3 is 1. The lowest BCUT2D eigenvalue weighted by atomic mass is 10.1. The number of carbonyl (C=O) groups excluding carboxylic acids is 1.